The van der Waals surface area contributed by atoms with E-state index in [-0.39, 0.29) is 5.91 Å². The van der Waals surface area contributed by atoms with Crippen LogP contribution in [-0.4, -0.2) is 61.3 Å². The summed E-state index contributed by atoms with van der Waals surface area (Å²) in [6, 6.07) is 14.2. The van der Waals surface area contributed by atoms with Gasteiger partial charge in [0.1, 0.15) is 18.2 Å². The number of anilines is 1. The van der Waals surface area contributed by atoms with Crippen molar-refractivity contribution >= 4 is 22.6 Å². The number of nitrogens with zero attached hydrogens (tertiary/aromatic N) is 7. The van der Waals surface area contributed by atoms with Crippen molar-refractivity contribution in [2.75, 3.05) is 31.1 Å². The summed E-state index contributed by atoms with van der Waals surface area (Å²) in [7, 11) is 0. The van der Waals surface area contributed by atoms with Gasteiger partial charge in [-0.05, 0) is 44.4 Å². The summed E-state index contributed by atoms with van der Waals surface area (Å²) < 4.78 is 3.88. The molecule has 0 unspecified atom stereocenters. The zero-order valence-corrected chi connectivity index (χ0v) is 18.7. The van der Waals surface area contributed by atoms with Crippen LogP contribution in [0, 0.1) is 20.8 Å². The summed E-state index contributed by atoms with van der Waals surface area (Å²) in [5, 5.41) is 5.71. The largest absolute Gasteiger partial charge is 0.353 e. The molecule has 1 amide bonds. The molecule has 3 aromatic heterocycles. The molecule has 8 nitrogen and oxygen atoms in total. The molecule has 4 aromatic rings. The molecular weight excluding hydrogens is 402 g/mol. The van der Waals surface area contributed by atoms with Crippen molar-refractivity contribution in [3.8, 4) is 5.82 Å². The van der Waals surface area contributed by atoms with Gasteiger partial charge in [0, 0.05) is 49.7 Å². The lowest BCUT2D eigenvalue weighted by Crippen LogP contribution is -2.49. The second kappa shape index (κ2) is 8.11. The molecule has 164 valence electrons. The molecular formula is C24H27N7O. The number of piperazine rings is 1. The molecule has 0 saturated carbocycles. The lowest BCUT2D eigenvalue weighted by molar-refractivity contribution is -0.132. The van der Waals surface area contributed by atoms with E-state index < -0.39 is 0 Å². The predicted octanol–water partition coefficient (Wildman–Crippen LogP) is 2.89. The molecule has 32 heavy (non-hydrogen) atoms. The van der Waals surface area contributed by atoms with Crippen molar-refractivity contribution in [3.63, 3.8) is 0 Å². The minimum absolute atomic E-state index is 0.146. The lowest BCUT2D eigenvalue weighted by atomic mass is 10.2. The van der Waals surface area contributed by atoms with E-state index in [1.807, 2.05) is 65.4 Å². The van der Waals surface area contributed by atoms with E-state index in [9.17, 15) is 4.79 Å². The van der Waals surface area contributed by atoms with Gasteiger partial charge in [-0.2, -0.15) is 5.10 Å². The maximum absolute atomic E-state index is 12.9. The first-order chi connectivity index (χ1) is 15.5. The van der Waals surface area contributed by atoms with Gasteiger partial charge in [-0.15, -0.1) is 0 Å². The van der Waals surface area contributed by atoms with Crippen LogP contribution < -0.4 is 4.90 Å². The molecule has 0 N–H and O–H groups in total. The van der Waals surface area contributed by atoms with Gasteiger partial charge in [0.05, 0.1) is 5.69 Å². The number of carbonyl (C=O) groups is 1. The third-order valence-electron chi connectivity index (χ3n) is 5.98. The van der Waals surface area contributed by atoms with Gasteiger partial charge in [0.2, 0.25) is 5.91 Å². The molecule has 0 aliphatic carbocycles. The number of aryl methyl sites for hydroxylation is 3. The van der Waals surface area contributed by atoms with Gasteiger partial charge in [-0.3, -0.25) is 4.79 Å². The van der Waals surface area contributed by atoms with E-state index >= 15 is 0 Å². The Kier molecular flexibility index (Phi) is 5.13. The molecule has 1 aliphatic heterocycles. The number of rotatable bonds is 4. The highest BCUT2D eigenvalue weighted by Crippen LogP contribution is 2.20. The van der Waals surface area contributed by atoms with Gasteiger partial charge in [0.25, 0.3) is 0 Å². The molecule has 1 aliphatic rings. The zero-order chi connectivity index (χ0) is 22.2. The predicted molar refractivity (Wildman–Crippen MR) is 124 cm³/mol. The molecule has 0 atom stereocenters. The number of fused-ring (bicyclic) bond motifs is 1. The Bertz CT molecular complexity index is 1280. The van der Waals surface area contributed by atoms with Crippen LogP contribution in [0.5, 0.6) is 0 Å². The number of hydrogen-bond donors (Lipinski definition) is 0. The van der Waals surface area contributed by atoms with Crippen LogP contribution in [0.15, 0.2) is 48.7 Å². The van der Waals surface area contributed by atoms with E-state index in [4.69, 9.17) is 0 Å². The van der Waals surface area contributed by atoms with Crippen LogP contribution in [0.3, 0.4) is 0 Å². The minimum atomic E-state index is 0.146. The maximum Gasteiger partial charge on any atom is 0.242 e. The normalized spacial score (nSPS) is 14.3. The first-order valence-electron chi connectivity index (χ1n) is 10.9. The van der Waals surface area contributed by atoms with Crippen molar-refractivity contribution < 1.29 is 4.79 Å². The Morgan fingerprint density at radius 1 is 0.938 bits per heavy atom. The zero-order valence-electron chi connectivity index (χ0n) is 18.7. The Morgan fingerprint density at radius 3 is 2.44 bits per heavy atom. The topological polar surface area (TPSA) is 72.1 Å². The third-order valence-corrected chi connectivity index (χ3v) is 5.98. The fraction of sp³-hybridized carbons (Fsp3) is 0.333. The van der Waals surface area contributed by atoms with Gasteiger partial charge in [-0.25, -0.2) is 14.6 Å². The monoisotopic (exact) mass is 429 g/mol. The summed E-state index contributed by atoms with van der Waals surface area (Å²) >= 11 is 0. The van der Waals surface area contributed by atoms with Crippen molar-refractivity contribution in [3.05, 3.63) is 65.9 Å². The summed E-state index contributed by atoms with van der Waals surface area (Å²) in [5.41, 5.74) is 3.09. The summed E-state index contributed by atoms with van der Waals surface area (Å²) in [5.74, 6) is 2.51. The average Bonchev–Trinajstić information content (AvgIpc) is 3.35. The lowest BCUT2D eigenvalue weighted by Gasteiger charge is -2.35. The van der Waals surface area contributed by atoms with Crippen LogP contribution >= 0.6 is 0 Å². The van der Waals surface area contributed by atoms with Crippen molar-refractivity contribution in [2.45, 2.75) is 27.3 Å². The second-order valence-electron chi connectivity index (χ2n) is 8.34. The van der Waals surface area contributed by atoms with Crippen molar-refractivity contribution in [1.82, 2.24) is 29.2 Å². The van der Waals surface area contributed by atoms with Crippen LogP contribution in [0.2, 0.25) is 0 Å². The standard InChI is InChI=1S/C24H27N7O/c1-17-14-18(2)31(27-17)23-15-22(25-19(3)26-23)28-10-12-29(13-11-28)24(32)16-30-9-8-20-6-4-5-7-21(20)30/h4-9,14-15H,10-13,16H2,1-3H3. The Morgan fingerprint density at radius 2 is 1.69 bits per heavy atom. The fourth-order valence-corrected chi connectivity index (χ4v) is 4.38. The molecule has 0 bridgehead atoms. The van der Waals surface area contributed by atoms with Crippen LogP contribution in [0.25, 0.3) is 16.7 Å². The van der Waals surface area contributed by atoms with Gasteiger partial charge in [-0.1, -0.05) is 18.2 Å². The number of aromatic nitrogens is 5. The third kappa shape index (κ3) is 3.84. The quantitative estimate of drug-likeness (QED) is 0.499. The SMILES string of the molecule is Cc1cc(C)n(-c2cc(N3CCN(C(=O)Cn4ccc5ccccc54)CC3)nc(C)n2)n1. The molecule has 1 fully saturated rings. The smallest absolute Gasteiger partial charge is 0.242 e. The summed E-state index contributed by atoms with van der Waals surface area (Å²) in [6.07, 6.45) is 1.99. The summed E-state index contributed by atoms with van der Waals surface area (Å²) in [6.45, 7) is 9.10. The Labute approximate surface area is 187 Å². The van der Waals surface area contributed by atoms with E-state index in [0.717, 1.165) is 47.0 Å². The van der Waals surface area contributed by atoms with Gasteiger partial charge < -0.3 is 14.4 Å². The molecule has 1 aromatic carbocycles. The van der Waals surface area contributed by atoms with E-state index in [1.165, 1.54) is 0 Å². The van der Waals surface area contributed by atoms with Crippen LogP contribution in [0.4, 0.5) is 5.82 Å². The van der Waals surface area contributed by atoms with E-state index in [2.05, 4.69) is 38.2 Å². The number of hydrogen-bond acceptors (Lipinski definition) is 5. The molecule has 8 heteroatoms. The van der Waals surface area contributed by atoms with Crippen molar-refractivity contribution in [1.29, 1.82) is 0 Å². The Hall–Kier alpha value is -3.68. The van der Waals surface area contributed by atoms with Crippen molar-refractivity contribution in [2.24, 2.45) is 0 Å². The number of amides is 1. The molecule has 5 rings (SSSR count). The van der Waals surface area contributed by atoms with E-state index in [1.54, 1.807) is 0 Å². The molecule has 0 spiro atoms. The highest BCUT2D eigenvalue weighted by molar-refractivity contribution is 5.83. The molecule has 1 saturated heterocycles. The fourth-order valence-electron chi connectivity index (χ4n) is 4.38. The number of para-hydroxylation sites is 1. The molecule has 4 heterocycles. The summed E-state index contributed by atoms with van der Waals surface area (Å²) in [4.78, 5) is 26.3. The maximum atomic E-state index is 12.9. The number of carbonyl (C=O) groups excluding carboxylic acids is 1. The van der Waals surface area contributed by atoms with Gasteiger partial charge >= 0.3 is 0 Å². The first-order valence-corrected chi connectivity index (χ1v) is 10.9. The van der Waals surface area contributed by atoms with Gasteiger partial charge in [0.15, 0.2) is 5.82 Å². The van der Waals surface area contributed by atoms with E-state index in [0.29, 0.717) is 25.5 Å². The second-order valence-corrected chi connectivity index (χ2v) is 8.34. The Balaban J connectivity index is 1.27. The first kappa shape index (κ1) is 20.2. The minimum Gasteiger partial charge on any atom is -0.353 e. The highest BCUT2D eigenvalue weighted by Gasteiger charge is 2.23. The van der Waals surface area contributed by atoms with Crippen LogP contribution in [0.1, 0.15) is 17.2 Å². The average molecular weight is 430 g/mol. The number of benzene rings is 1. The highest BCUT2D eigenvalue weighted by atomic mass is 16.2. The molecule has 0 radical (unpaired) electrons. The van der Waals surface area contributed by atoms with Crippen LogP contribution in [-0.2, 0) is 11.3 Å².